The molecule has 140 valence electrons. The molecule has 4 rings (SSSR count). The summed E-state index contributed by atoms with van der Waals surface area (Å²) in [4.78, 5) is 14.4. The molecule has 0 aliphatic rings. The first-order valence-electron chi connectivity index (χ1n) is 8.68. The normalized spacial score (nSPS) is 12.0. The first-order chi connectivity index (χ1) is 13.6. The Balaban J connectivity index is 1.45. The van der Waals surface area contributed by atoms with Crippen LogP contribution in [0.5, 0.6) is 0 Å². The quantitative estimate of drug-likeness (QED) is 0.395. The molecule has 8 heteroatoms. The molecule has 2 heterocycles. The number of anilines is 1. The molecule has 0 spiro atoms. The van der Waals surface area contributed by atoms with Gasteiger partial charge in [0.1, 0.15) is 6.20 Å². The van der Waals surface area contributed by atoms with Crippen molar-refractivity contribution < 1.29 is 10.0 Å². The largest absolute Gasteiger partial charge is 0.387 e. The molecule has 0 bridgehead atoms. The van der Waals surface area contributed by atoms with Crippen molar-refractivity contribution in [3.8, 4) is 11.1 Å². The SMILES string of the molecule is O=[N+]([O-])c1cnc2ccc(NCC(O)c3ccc(-c4ccccc4)cc3)nn12. The molecule has 2 N–H and O–H groups in total. The Hall–Kier alpha value is -3.78. The molecule has 1 atom stereocenters. The predicted molar refractivity (Wildman–Crippen MR) is 105 cm³/mol. The third-order valence-electron chi connectivity index (χ3n) is 4.41. The number of imidazole rings is 1. The zero-order valence-corrected chi connectivity index (χ0v) is 14.8. The third-order valence-corrected chi connectivity index (χ3v) is 4.41. The van der Waals surface area contributed by atoms with Crippen LogP contribution < -0.4 is 5.32 Å². The van der Waals surface area contributed by atoms with Crippen molar-refractivity contribution in [1.29, 1.82) is 0 Å². The maximum atomic E-state index is 11.0. The second kappa shape index (κ2) is 7.45. The maximum Gasteiger partial charge on any atom is 0.368 e. The summed E-state index contributed by atoms with van der Waals surface area (Å²) in [6, 6.07) is 21.0. The highest BCUT2D eigenvalue weighted by atomic mass is 16.6. The number of aliphatic hydroxyl groups is 1. The summed E-state index contributed by atoms with van der Waals surface area (Å²) in [5, 5.41) is 28.6. The van der Waals surface area contributed by atoms with Gasteiger partial charge < -0.3 is 20.5 Å². The van der Waals surface area contributed by atoms with Gasteiger partial charge in [-0.2, -0.15) is 0 Å². The Labute approximate surface area is 160 Å². The number of nitro groups is 1. The van der Waals surface area contributed by atoms with Crippen molar-refractivity contribution in [2.75, 3.05) is 11.9 Å². The molecule has 0 fully saturated rings. The average Bonchev–Trinajstić information content (AvgIpc) is 3.16. The summed E-state index contributed by atoms with van der Waals surface area (Å²) in [5.41, 5.74) is 3.33. The van der Waals surface area contributed by atoms with E-state index in [2.05, 4.69) is 15.4 Å². The van der Waals surface area contributed by atoms with E-state index in [1.165, 1.54) is 0 Å². The van der Waals surface area contributed by atoms with Crippen LogP contribution in [0, 0.1) is 10.1 Å². The molecule has 1 unspecified atom stereocenters. The predicted octanol–water partition coefficient (Wildman–Crippen LogP) is 3.45. The van der Waals surface area contributed by atoms with Crippen molar-refractivity contribution >= 4 is 17.3 Å². The Morgan fingerprint density at radius 3 is 2.46 bits per heavy atom. The first kappa shape index (κ1) is 17.6. The Bertz CT molecular complexity index is 1110. The van der Waals surface area contributed by atoms with Crippen LogP contribution in [-0.2, 0) is 0 Å². The zero-order valence-electron chi connectivity index (χ0n) is 14.8. The topological polar surface area (TPSA) is 106 Å². The van der Waals surface area contributed by atoms with E-state index >= 15 is 0 Å². The molecule has 2 aromatic heterocycles. The van der Waals surface area contributed by atoms with Crippen molar-refractivity contribution in [1.82, 2.24) is 14.6 Å². The molecule has 8 nitrogen and oxygen atoms in total. The second-order valence-corrected chi connectivity index (χ2v) is 6.25. The van der Waals surface area contributed by atoms with Crippen LogP contribution in [0.15, 0.2) is 72.9 Å². The van der Waals surface area contributed by atoms with Crippen LogP contribution in [-0.4, -0.2) is 31.2 Å². The molecule has 0 aliphatic carbocycles. The van der Waals surface area contributed by atoms with Gasteiger partial charge in [0.2, 0.25) is 5.65 Å². The second-order valence-electron chi connectivity index (χ2n) is 6.25. The van der Waals surface area contributed by atoms with E-state index < -0.39 is 11.0 Å². The van der Waals surface area contributed by atoms with Gasteiger partial charge in [-0.05, 0) is 27.7 Å². The number of rotatable bonds is 6. The van der Waals surface area contributed by atoms with Crippen LogP contribution in [0.25, 0.3) is 16.8 Å². The lowest BCUT2D eigenvalue weighted by molar-refractivity contribution is -0.391. The van der Waals surface area contributed by atoms with Crippen molar-refractivity contribution in [2.24, 2.45) is 0 Å². The number of fused-ring (bicyclic) bond motifs is 1. The average molecular weight is 375 g/mol. The van der Waals surface area contributed by atoms with Gasteiger partial charge in [-0.15, -0.1) is 0 Å². The van der Waals surface area contributed by atoms with Gasteiger partial charge in [0.15, 0.2) is 5.82 Å². The van der Waals surface area contributed by atoms with Crippen LogP contribution in [0.3, 0.4) is 0 Å². The summed E-state index contributed by atoms with van der Waals surface area (Å²) in [7, 11) is 0. The minimum absolute atomic E-state index is 0.212. The van der Waals surface area contributed by atoms with Gasteiger partial charge in [-0.3, -0.25) is 0 Å². The van der Waals surface area contributed by atoms with E-state index in [0.29, 0.717) is 11.5 Å². The highest BCUT2D eigenvalue weighted by Crippen LogP contribution is 2.22. The lowest BCUT2D eigenvalue weighted by Gasteiger charge is -2.13. The smallest absolute Gasteiger partial charge is 0.368 e. The zero-order chi connectivity index (χ0) is 19.5. The Morgan fingerprint density at radius 2 is 1.75 bits per heavy atom. The van der Waals surface area contributed by atoms with E-state index in [4.69, 9.17) is 0 Å². The van der Waals surface area contributed by atoms with E-state index in [0.717, 1.165) is 27.4 Å². The molecule has 0 saturated carbocycles. The first-order valence-corrected chi connectivity index (χ1v) is 8.68. The molecule has 0 radical (unpaired) electrons. The Kier molecular flexibility index (Phi) is 4.69. The Morgan fingerprint density at radius 1 is 1.04 bits per heavy atom. The van der Waals surface area contributed by atoms with Crippen molar-refractivity contribution in [3.05, 3.63) is 88.6 Å². The number of aromatic nitrogens is 3. The number of nitrogens with one attached hydrogen (secondary N) is 1. The molecular formula is C20H17N5O3. The monoisotopic (exact) mass is 375 g/mol. The van der Waals surface area contributed by atoms with E-state index in [9.17, 15) is 15.2 Å². The lowest BCUT2D eigenvalue weighted by Crippen LogP contribution is -2.14. The molecule has 4 aromatic rings. The number of aliphatic hydroxyl groups excluding tert-OH is 1. The molecule has 0 aliphatic heterocycles. The standard InChI is InChI=1S/C20H17N5O3/c26-17(16-8-6-15(7-9-16)14-4-2-1-3-5-14)12-21-18-10-11-19-22-13-20(25(27)28)24(19)23-18/h1-11,13,17,26H,12H2,(H,21,23). The third kappa shape index (κ3) is 3.53. The minimum Gasteiger partial charge on any atom is -0.387 e. The number of hydrogen-bond acceptors (Lipinski definition) is 6. The van der Waals surface area contributed by atoms with Crippen LogP contribution >= 0.6 is 0 Å². The minimum atomic E-state index is -0.750. The summed E-state index contributed by atoms with van der Waals surface area (Å²) < 4.78 is 1.16. The summed E-state index contributed by atoms with van der Waals surface area (Å²) in [6.45, 7) is 0.214. The summed E-state index contributed by atoms with van der Waals surface area (Å²) >= 11 is 0. The van der Waals surface area contributed by atoms with Gasteiger partial charge >= 0.3 is 5.82 Å². The highest BCUT2D eigenvalue weighted by molar-refractivity contribution is 5.63. The van der Waals surface area contributed by atoms with Gasteiger partial charge in [0.05, 0.1) is 6.10 Å². The fraction of sp³-hybridized carbons (Fsp3) is 0.100. The number of benzene rings is 2. The van der Waals surface area contributed by atoms with Crippen LogP contribution in [0.2, 0.25) is 0 Å². The van der Waals surface area contributed by atoms with Gasteiger partial charge in [0.25, 0.3) is 0 Å². The molecule has 0 saturated heterocycles. The van der Waals surface area contributed by atoms with Crippen LogP contribution in [0.4, 0.5) is 11.6 Å². The molecule has 2 aromatic carbocycles. The fourth-order valence-electron chi connectivity index (χ4n) is 2.93. The number of nitrogens with zero attached hydrogens (tertiary/aromatic N) is 4. The van der Waals surface area contributed by atoms with Gasteiger partial charge in [0, 0.05) is 12.6 Å². The molecular weight excluding hydrogens is 358 g/mol. The highest BCUT2D eigenvalue weighted by Gasteiger charge is 2.16. The van der Waals surface area contributed by atoms with Crippen molar-refractivity contribution in [2.45, 2.75) is 6.10 Å². The fourth-order valence-corrected chi connectivity index (χ4v) is 2.93. The van der Waals surface area contributed by atoms with E-state index in [1.54, 1.807) is 12.1 Å². The molecule has 0 amide bonds. The number of hydrogen-bond donors (Lipinski definition) is 2. The van der Waals surface area contributed by atoms with Gasteiger partial charge in [-0.25, -0.2) is 4.98 Å². The van der Waals surface area contributed by atoms with E-state index in [-0.39, 0.29) is 12.4 Å². The summed E-state index contributed by atoms with van der Waals surface area (Å²) in [5.74, 6) is 0.198. The van der Waals surface area contributed by atoms with Crippen LogP contribution in [0.1, 0.15) is 11.7 Å². The van der Waals surface area contributed by atoms with E-state index in [1.807, 2.05) is 54.6 Å². The summed E-state index contributed by atoms with van der Waals surface area (Å²) in [6.07, 6.45) is 0.412. The maximum absolute atomic E-state index is 11.0. The lowest BCUT2D eigenvalue weighted by atomic mass is 10.0. The molecule has 28 heavy (non-hydrogen) atoms. The van der Waals surface area contributed by atoms with Crippen molar-refractivity contribution in [3.63, 3.8) is 0 Å². The van der Waals surface area contributed by atoms with Gasteiger partial charge in [-0.1, -0.05) is 64.2 Å².